The fourth-order valence-electron chi connectivity index (χ4n) is 2.68. The summed E-state index contributed by atoms with van der Waals surface area (Å²) < 4.78 is 10.1. The molecule has 184 valence electrons. The Balaban J connectivity index is 0.000000292. The van der Waals surface area contributed by atoms with E-state index in [0.29, 0.717) is 30.3 Å². The number of pyridine rings is 1. The summed E-state index contributed by atoms with van der Waals surface area (Å²) in [4.78, 5) is 28.5. The van der Waals surface area contributed by atoms with Crippen molar-refractivity contribution in [3.8, 4) is 6.07 Å². The highest BCUT2D eigenvalue weighted by Crippen LogP contribution is 2.19. The Bertz CT molecular complexity index is 998. The largest absolute Gasteiger partial charge is 0.398 e. The number of carbonyl (C=O) groups is 1. The Morgan fingerprint density at radius 2 is 1.94 bits per heavy atom. The SMILES string of the molecule is COC(C)(C)C.N#CC[C@H]1CC[C@@H](C=O)OC1.NC(=Nc1ccccc1)c1c(N)cc[nH]c1=O. The van der Waals surface area contributed by atoms with E-state index in [1.54, 1.807) is 25.3 Å². The zero-order valence-corrected chi connectivity index (χ0v) is 20.3. The molecule has 34 heavy (non-hydrogen) atoms. The monoisotopic (exact) mass is 469 g/mol. The molecule has 0 amide bonds. The van der Waals surface area contributed by atoms with Crippen LogP contribution in [-0.4, -0.2) is 42.5 Å². The molecule has 2 aromatic rings. The third kappa shape index (κ3) is 10.9. The Hall–Kier alpha value is -3.48. The number of nitrogens with two attached hydrogens (primary N) is 2. The minimum atomic E-state index is -0.345. The van der Waals surface area contributed by atoms with Crippen molar-refractivity contribution in [3.63, 3.8) is 0 Å². The number of anilines is 1. The van der Waals surface area contributed by atoms with Crippen LogP contribution in [0.5, 0.6) is 0 Å². The molecule has 1 aliphatic heterocycles. The van der Waals surface area contributed by atoms with Crippen LogP contribution < -0.4 is 17.0 Å². The molecule has 1 aliphatic rings. The van der Waals surface area contributed by atoms with Crippen molar-refractivity contribution in [3.05, 3.63) is 58.5 Å². The summed E-state index contributed by atoms with van der Waals surface area (Å²) in [5, 5.41) is 8.37. The predicted octanol–water partition coefficient (Wildman–Crippen LogP) is 3.32. The van der Waals surface area contributed by atoms with Gasteiger partial charge in [-0.1, -0.05) is 18.2 Å². The van der Waals surface area contributed by atoms with Crippen LogP contribution in [0.4, 0.5) is 11.4 Å². The van der Waals surface area contributed by atoms with Crippen LogP contribution in [0.3, 0.4) is 0 Å². The minimum Gasteiger partial charge on any atom is -0.398 e. The predicted molar refractivity (Wildman–Crippen MR) is 134 cm³/mol. The fourth-order valence-corrected chi connectivity index (χ4v) is 2.68. The quantitative estimate of drug-likeness (QED) is 0.352. The minimum absolute atomic E-state index is 0.0417. The summed E-state index contributed by atoms with van der Waals surface area (Å²) in [7, 11) is 1.71. The lowest BCUT2D eigenvalue weighted by molar-refractivity contribution is -0.122. The average Bonchev–Trinajstić information content (AvgIpc) is 2.81. The van der Waals surface area contributed by atoms with Crippen molar-refractivity contribution < 1.29 is 14.3 Å². The lowest BCUT2D eigenvalue weighted by Gasteiger charge is -2.23. The highest BCUT2D eigenvalue weighted by atomic mass is 16.5. The Morgan fingerprint density at radius 1 is 1.29 bits per heavy atom. The first kappa shape index (κ1) is 28.6. The molecule has 0 spiro atoms. The first-order valence-corrected chi connectivity index (χ1v) is 11.0. The van der Waals surface area contributed by atoms with E-state index < -0.39 is 0 Å². The van der Waals surface area contributed by atoms with E-state index in [-0.39, 0.29) is 28.7 Å². The van der Waals surface area contributed by atoms with Gasteiger partial charge in [0.1, 0.15) is 23.8 Å². The molecule has 2 heterocycles. The number of hydrogen-bond acceptors (Lipinski definition) is 7. The number of nitriles is 1. The van der Waals surface area contributed by atoms with E-state index in [9.17, 15) is 9.59 Å². The second-order valence-corrected chi connectivity index (χ2v) is 8.60. The van der Waals surface area contributed by atoms with E-state index in [1.807, 2.05) is 39.0 Å². The maximum Gasteiger partial charge on any atom is 0.261 e. The molecule has 0 radical (unpaired) electrons. The number of rotatable bonds is 4. The molecule has 1 saturated heterocycles. The molecule has 9 nitrogen and oxygen atoms in total. The molecule has 1 aromatic carbocycles. The summed E-state index contributed by atoms with van der Waals surface area (Å²) in [6.45, 7) is 6.63. The van der Waals surface area contributed by atoms with Gasteiger partial charge in [-0.3, -0.25) is 4.79 Å². The average molecular weight is 470 g/mol. The van der Waals surface area contributed by atoms with Gasteiger partial charge < -0.3 is 30.7 Å². The Kier molecular flexibility index (Phi) is 12.3. The van der Waals surface area contributed by atoms with Crippen molar-refractivity contribution in [2.75, 3.05) is 19.5 Å². The number of hydrogen-bond donors (Lipinski definition) is 3. The molecule has 1 aromatic heterocycles. The molecule has 9 heteroatoms. The van der Waals surface area contributed by atoms with Crippen molar-refractivity contribution in [2.45, 2.75) is 51.7 Å². The van der Waals surface area contributed by atoms with Gasteiger partial charge in [-0.05, 0) is 57.7 Å². The zero-order chi connectivity index (χ0) is 25.6. The fraction of sp³-hybridized carbons (Fsp3) is 0.440. The number of H-pyrrole nitrogens is 1. The number of aliphatic imine (C=N–C) groups is 1. The normalized spacial score (nSPS) is 17.8. The van der Waals surface area contributed by atoms with Crippen LogP contribution in [0.1, 0.15) is 45.6 Å². The second-order valence-electron chi connectivity index (χ2n) is 8.60. The van der Waals surface area contributed by atoms with Gasteiger partial charge in [-0.2, -0.15) is 5.26 Å². The third-order valence-electron chi connectivity index (χ3n) is 4.80. The van der Waals surface area contributed by atoms with E-state index in [2.05, 4.69) is 16.0 Å². The molecule has 0 unspecified atom stereocenters. The molecule has 0 bridgehead atoms. The number of nitrogen functional groups attached to an aromatic ring is 1. The number of aldehydes is 1. The first-order valence-electron chi connectivity index (χ1n) is 11.0. The summed E-state index contributed by atoms with van der Waals surface area (Å²) >= 11 is 0. The van der Waals surface area contributed by atoms with Crippen LogP contribution in [-0.2, 0) is 14.3 Å². The number of nitrogens with zero attached hydrogens (tertiary/aromatic N) is 2. The van der Waals surface area contributed by atoms with Gasteiger partial charge in [0.05, 0.1) is 24.0 Å². The lowest BCUT2D eigenvalue weighted by Crippen LogP contribution is -2.26. The highest BCUT2D eigenvalue weighted by molar-refractivity contribution is 6.02. The van der Waals surface area contributed by atoms with Gasteiger partial charge in [-0.15, -0.1) is 0 Å². The molecule has 0 saturated carbocycles. The van der Waals surface area contributed by atoms with Gasteiger partial charge in [-0.25, -0.2) is 4.99 Å². The molecule has 3 rings (SSSR count). The van der Waals surface area contributed by atoms with E-state index >= 15 is 0 Å². The van der Waals surface area contributed by atoms with Crippen LogP contribution in [0, 0.1) is 17.2 Å². The van der Waals surface area contributed by atoms with E-state index in [4.69, 9.17) is 26.2 Å². The number of ether oxygens (including phenoxy) is 2. The van der Waals surface area contributed by atoms with Gasteiger partial charge in [0.2, 0.25) is 0 Å². The number of nitrogens with one attached hydrogen (secondary N) is 1. The van der Waals surface area contributed by atoms with Crippen LogP contribution in [0.25, 0.3) is 0 Å². The van der Waals surface area contributed by atoms with E-state index in [0.717, 1.165) is 19.1 Å². The smallest absolute Gasteiger partial charge is 0.261 e. The van der Waals surface area contributed by atoms with Crippen LogP contribution in [0.15, 0.2) is 52.4 Å². The molecule has 5 N–H and O–H groups in total. The number of aromatic amines is 1. The van der Waals surface area contributed by atoms with Gasteiger partial charge >= 0.3 is 0 Å². The number of para-hydroxylation sites is 1. The van der Waals surface area contributed by atoms with Gasteiger partial charge in [0.25, 0.3) is 5.56 Å². The van der Waals surface area contributed by atoms with Gasteiger partial charge in [0.15, 0.2) is 0 Å². The standard InChI is InChI=1S/C12H12N4O.C8H11NO2.C5H12O/c13-9-6-7-15-12(17)10(9)11(14)16-8-4-2-1-3-5-8;9-4-3-7-1-2-8(5-10)11-6-7;1-5(2,3)6-4/h1-7H,(H2,14,16)(H3,13,15,17);5,7-8H,1-3,6H2;1-4H3/t;7-,8+;/m.1./s1. The molecule has 1 fully saturated rings. The summed E-state index contributed by atoms with van der Waals surface area (Å²) in [5.41, 5.74) is 12.4. The zero-order valence-electron chi connectivity index (χ0n) is 20.3. The van der Waals surface area contributed by atoms with Crippen LogP contribution >= 0.6 is 0 Å². The van der Waals surface area contributed by atoms with Crippen molar-refractivity contribution in [1.82, 2.24) is 4.98 Å². The Labute approximate surface area is 200 Å². The third-order valence-corrected chi connectivity index (χ3v) is 4.80. The molecule has 2 atom stereocenters. The highest BCUT2D eigenvalue weighted by Gasteiger charge is 2.20. The number of methoxy groups -OCH3 is 1. The van der Waals surface area contributed by atoms with Crippen LogP contribution in [0.2, 0.25) is 0 Å². The van der Waals surface area contributed by atoms with Crippen molar-refractivity contribution >= 4 is 23.5 Å². The Morgan fingerprint density at radius 3 is 2.41 bits per heavy atom. The summed E-state index contributed by atoms with van der Waals surface area (Å²) in [6.07, 6.45) is 4.35. The number of carbonyl (C=O) groups excluding carboxylic acids is 1. The van der Waals surface area contributed by atoms with E-state index in [1.165, 1.54) is 6.20 Å². The maximum atomic E-state index is 11.6. The second kappa shape index (κ2) is 14.6. The maximum absolute atomic E-state index is 11.6. The first-order chi connectivity index (χ1) is 16.1. The number of amidine groups is 1. The van der Waals surface area contributed by atoms with Gasteiger partial charge in [0, 0.05) is 25.4 Å². The molecular weight excluding hydrogens is 434 g/mol. The lowest BCUT2D eigenvalue weighted by atomic mass is 9.96. The number of aromatic nitrogens is 1. The van der Waals surface area contributed by atoms with Crippen molar-refractivity contribution in [2.24, 2.45) is 16.6 Å². The number of benzene rings is 1. The topological polar surface area (TPSA) is 157 Å². The summed E-state index contributed by atoms with van der Waals surface area (Å²) in [5.74, 6) is 0.451. The summed E-state index contributed by atoms with van der Waals surface area (Å²) in [6, 6.07) is 12.8. The molecule has 0 aliphatic carbocycles. The van der Waals surface area contributed by atoms with Crippen molar-refractivity contribution in [1.29, 1.82) is 5.26 Å². The molecular formula is C25H35N5O4.